The van der Waals surface area contributed by atoms with E-state index in [0.29, 0.717) is 12.4 Å². The van der Waals surface area contributed by atoms with E-state index < -0.39 is 0 Å². The molecule has 0 fully saturated rings. The van der Waals surface area contributed by atoms with Crippen LogP contribution in [0.3, 0.4) is 0 Å². The monoisotopic (exact) mass is 297 g/mol. The standard InChI is InChI=1S/C16H15N3OS/c1-2-20-12-7-5-11(6-8-12)14-10-21-16(19-14)13-4-3-9-18-15(13)17/h3-10H,2H2,1H3,(H2,17,18). The highest BCUT2D eigenvalue weighted by molar-refractivity contribution is 7.13. The molecule has 2 aromatic heterocycles. The van der Waals surface area contributed by atoms with E-state index in [9.17, 15) is 0 Å². The Morgan fingerprint density at radius 3 is 2.71 bits per heavy atom. The van der Waals surface area contributed by atoms with Crippen LogP contribution >= 0.6 is 11.3 Å². The molecule has 0 aliphatic heterocycles. The SMILES string of the molecule is CCOc1ccc(-c2csc(-c3cccnc3N)n2)cc1. The molecule has 1 aromatic carbocycles. The molecule has 21 heavy (non-hydrogen) atoms. The first-order chi connectivity index (χ1) is 10.3. The van der Waals surface area contributed by atoms with E-state index in [1.165, 1.54) is 0 Å². The van der Waals surface area contributed by atoms with Crippen molar-refractivity contribution in [3.05, 3.63) is 48.0 Å². The van der Waals surface area contributed by atoms with Crippen molar-refractivity contribution in [3.8, 4) is 27.6 Å². The second kappa shape index (κ2) is 5.93. The Morgan fingerprint density at radius 1 is 1.19 bits per heavy atom. The van der Waals surface area contributed by atoms with E-state index in [4.69, 9.17) is 10.5 Å². The summed E-state index contributed by atoms with van der Waals surface area (Å²) in [5, 5.41) is 2.90. The number of hydrogen-bond acceptors (Lipinski definition) is 5. The molecule has 0 bridgehead atoms. The number of benzene rings is 1. The fourth-order valence-electron chi connectivity index (χ4n) is 2.02. The normalized spacial score (nSPS) is 10.5. The first-order valence-corrected chi connectivity index (χ1v) is 7.55. The van der Waals surface area contributed by atoms with Crippen molar-refractivity contribution >= 4 is 17.2 Å². The minimum absolute atomic E-state index is 0.505. The van der Waals surface area contributed by atoms with Crippen molar-refractivity contribution < 1.29 is 4.74 Å². The van der Waals surface area contributed by atoms with Crippen molar-refractivity contribution in [2.24, 2.45) is 0 Å². The fourth-order valence-corrected chi connectivity index (χ4v) is 2.88. The van der Waals surface area contributed by atoms with Gasteiger partial charge in [0.05, 0.1) is 17.9 Å². The Hall–Kier alpha value is -2.40. The molecule has 0 saturated heterocycles. The summed E-state index contributed by atoms with van der Waals surface area (Å²) in [4.78, 5) is 8.74. The maximum absolute atomic E-state index is 5.89. The Bertz CT molecular complexity index is 737. The summed E-state index contributed by atoms with van der Waals surface area (Å²) in [6.45, 7) is 2.64. The van der Waals surface area contributed by atoms with Crippen LogP contribution in [-0.4, -0.2) is 16.6 Å². The molecule has 0 radical (unpaired) electrons. The fraction of sp³-hybridized carbons (Fsp3) is 0.125. The van der Waals surface area contributed by atoms with Gasteiger partial charge in [-0.05, 0) is 43.3 Å². The molecular weight excluding hydrogens is 282 g/mol. The summed E-state index contributed by atoms with van der Waals surface area (Å²) >= 11 is 1.56. The Kier molecular flexibility index (Phi) is 3.83. The van der Waals surface area contributed by atoms with Gasteiger partial charge < -0.3 is 10.5 Å². The molecule has 0 unspecified atom stereocenters. The lowest BCUT2D eigenvalue weighted by Crippen LogP contribution is -1.92. The van der Waals surface area contributed by atoms with Crippen molar-refractivity contribution in [3.63, 3.8) is 0 Å². The Morgan fingerprint density at radius 2 is 2.00 bits per heavy atom. The summed E-state index contributed by atoms with van der Waals surface area (Å²) in [5.74, 6) is 1.37. The lowest BCUT2D eigenvalue weighted by Gasteiger charge is -2.03. The molecule has 0 atom stereocenters. The first kappa shape index (κ1) is 13.6. The van der Waals surface area contributed by atoms with Gasteiger partial charge in [-0.1, -0.05) is 0 Å². The molecule has 0 spiro atoms. The zero-order valence-electron chi connectivity index (χ0n) is 11.6. The van der Waals surface area contributed by atoms with E-state index in [1.54, 1.807) is 17.5 Å². The molecule has 3 rings (SSSR count). The first-order valence-electron chi connectivity index (χ1n) is 6.67. The van der Waals surface area contributed by atoms with Gasteiger partial charge >= 0.3 is 0 Å². The van der Waals surface area contributed by atoms with Gasteiger partial charge in [0.2, 0.25) is 0 Å². The summed E-state index contributed by atoms with van der Waals surface area (Å²) in [6, 6.07) is 11.7. The molecular formula is C16H15N3OS. The van der Waals surface area contributed by atoms with Crippen molar-refractivity contribution in [1.82, 2.24) is 9.97 Å². The van der Waals surface area contributed by atoms with Crippen LogP contribution in [0.25, 0.3) is 21.8 Å². The molecule has 5 heteroatoms. The summed E-state index contributed by atoms with van der Waals surface area (Å²) in [5.41, 5.74) is 8.76. The van der Waals surface area contributed by atoms with Crippen LogP contribution in [-0.2, 0) is 0 Å². The van der Waals surface area contributed by atoms with Crippen molar-refractivity contribution in [2.75, 3.05) is 12.3 Å². The third-order valence-electron chi connectivity index (χ3n) is 3.03. The number of rotatable bonds is 4. The second-order valence-corrected chi connectivity index (χ2v) is 5.29. The maximum Gasteiger partial charge on any atom is 0.133 e. The average molecular weight is 297 g/mol. The van der Waals surface area contributed by atoms with Gasteiger partial charge in [0, 0.05) is 17.1 Å². The summed E-state index contributed by atoms with van der Waals surface area (Å²) in [6.07, 6.45) is 1.68. The number of thiazole rings is 1. The van der Waals surface area contributed by atoms with Crippen molar-refractivity contribution in [1.29, 1.82) is 0 Å². The molecule has 4 nitrogen and oxygen atoms in total. The molecule has 2 N–H and O–H groups in total. The largest absolute Gasteiger partial charge is 0.494 e. The second-order valence-electron chi connectivity index (χ2n) is 4.43. The predicted molar refractivity (Wildman–Crippen MR) is 86.4 cm³/mol. The van der Waals surface area contributed by atoms with Gasteiger partial charge in [0.15, 0.2) is 0 Å². The number of aromatic nitrogens is 2. The van der Waals surface area contributed by atoms with E-state index in [2.05, 4.69) is 9.97 Å². The van der Waals surface area contributed by atoms with Gasteiger partial charge in [0.25, 0.3) is 0 Å². The minimum atomic E-state index is 0.505. The average Bonchev–Trinajstić information content (AvgIpc) is 2.98. The molecule has 0 amide bonds. The number of pyridine rings is 1. The highest BCUT2D eigenvalue weighted by Gasteiger charge is 2.09. The van der Waals surface area contributed by atoms with E-state index >= 15 is 0 Å². The number of anilines is 1. The van der Waals surface area contributed by atoms with Crippen LogP contribution in [0.2, 0.25) is 0 Å². The van der Waals surface area contributed by atoms with Crippen LogP contribution in [0, 0.1) is 0 Å². The van der Waals surface area contributed by atoms with E-state index in [1.807, 2.05) is 48.7 Å². The quantitative estimate of drug-likeness (QED) is 0.794. The summed E-state index contributed by atoms with van der Waals surface area (Å²) < 4.78 is 5.44. The summed E-state index contributed by atoms with van der Waals surface area (Å²) in [7, 11) is 0. The smallest absolute Gasteiger partial charge is 0.133 e. The Labute approximate surface area is 127 Å². The number of ether oxygens (including phenoxy) is 1. The van der Waals surface area contributed by atoms with Crippen LogP contribution < -0.4 is 10.5 Å². The van der Waals surface area contributed by atoms with Crippen molar-refractivity contribution in [2.45, 2.75) is 6.92 Å². The van der Waals surface area contributed by atoms with Gasteiger partial charge in [-0.3, -0.25) is 0 Å². The highest BCUT2D eigenvalue weighted by atomic mass is 32.1. The number of nitrogen functional groups attached to an aromatic ring is 1. The molecule has 0 aliphatic rings. The Balaban J connectivity index is 1.89. The van der Waals surface area contributed by atoms with Gasteiger partial charge in [0.1, 0.15) is 16.6 Å². The predicted octanol–water partition coefficient (Wildman–Crippen LogP) is 3.85. The van der Waals surface area contributed by atoms with Crippen LogP contribution in [0.4, 0.5) is 5.82 Å². The zero-order chi connectivity index (χ0) is 14.7. The van der Waals surface area contributed by atoms with Gasteiger partial charge in [-0.25, -0.2) is 9.97 Å². The van der Waals surface area contributed by atoms with Gasteiger partial charge in [-0.2, -0.15) is 0 Å². The van der Waals surface area contributed by atoms with Crippen LogP contribution in [0.5, 0.6) is 5.75 Å². The maximum atomic E-state index is 5.89. The number of hydrogen-bond donors (Lipinski definition) is 1. The zero-order valence-corrected chi connectivity index (χ0v) is 12.4. The third-order valence-corrected chi connectivity index (χ3v) is 3.91. The lowest BCUT2D eigenvalue weighted by molar-refractivity contribution is 0.340. The lowest BCUT2D eigenvalue weighted by atomic mass is 10.1. The van der Waals surface area contributed by atoms with Gasteiger partial charge in [-0.15, -0.1) is 11.3 Å². The highest BCUT2D eigenvalue weighted by Crippen LogP contribution is 2.31. The molecule has 3 aromatic rings. The van der Waals surface area contributed by atoms with Crippen LogP contribution in [0.1, 0.15) is 6.92 Å². The number of nitrogens with zero attached hydrogens (tertiary/aromatic N) is 2. The molecule has 0 saturated carbocycles. The molecule has 0 aliphatic carbocycles. The molecule has 2 heterocycles. The van der Waals surface area contributed by atoms with E-state index in [-0.39, 0.29) is 0 Å². The number of nitrogens with two attached hydrogens (primary N) is 1. The minimum Gasteiger partial charge on any atom is -0.494 e. The van der Waals surface area contributed by atoms with Crippen LogP contribution in [0.15, 0.2) is 48.0 Å². The van der Waals surface area contributed by atoms with E-state index in [0.717, 1.165) is 27.6 Å². The third kappa shape index (κ3) is 2.87. The topological polar surface area (TPSA) is 61.0 Å². The molecule has 106 valence electrons.